The van der Waals surface area contributed by atoms with E-state index >= 15 is 0 Å². The molecule has 1 aromatic carbocycles. The molecule has 0 saturated heterocycles. The highest BCUT2D eigenvalue weighted by Crippen LogP contribution is 2.19. The van der Waals surface area contributed by atoms with E-state index < -0.39 is 5.97 Å². The Morgan fingerprint density at radius 1 is 1.37 bits per heavy atom. The highest BCUT2D eigenvalue weighted by molar-refractivity contribution is 5.90. The predicted molar refractivity (Wildman–Crippen MR) is 70.0 cm³/mol. The lowest BCUT2D eigenvalue weighted by atomic mass is 10.2. The Bertz CT molecular complexity index is 647. The summed E-state index contributed by atoms with van der Waals surface area (Å²) in [6, 6.07) is 12.2. The average Bonchev–Trinajstić information content (AvgIpc) is 2.47. The summed E-state index contributed by atoms with van der Waals surface area (Å²) in [7, 11) is 1.33. The van der Waals surface area contributed by atoms with Gasteiger partial charge in [0.25, 0.3) is 0 Å². The summed E-state index contributed by atoms with van der Waals surface area (Å²) in [5, 5.41) is 12.0. The first-order chi connectivity index (χ1) is 9.24. The maximum absolute atomic E-state index is 11.4. The number of ether oxygens (including phenoxy) is 1. The predicted octanol–water partition coefficient (Wildman–Crippen LogP) is 2.48. The van der Waals surface area contributed by atoms with Gasteiger partial charge in [0.1, 0.15) is 11.9 Å². The van der Waals surface area contributed by atoms with Gasteiger partial charge in [-0.1, -0.05) is 6.07 Å². The maximum atomic E-state index is 11.4. The van der Waals surface area contributed by atoms with Crippen molar-refractivity contribution in [3.05, 3.63) is 53.7 Å². The Morgan fingerprint density at radius 3 is 2.95 bits per heavy atom. The van der Waals surface area contributed by atoms with Crippen molar-refractivity contribution in [2.75, 3.05) is 12.4 Å². The van der Waals surface area contributed by atoms with Crippen LogP contribution in [0.25, 0.3) is 0 Å². The quantitative estimate of drug-likeness (QED) is 0.850. The first-order valence-corrected chi connectivity index (χ1v) is 5.55. The van der Waals surface area contributed by atoms with Crippen LogP contribution >= 0.6 is 0 Å². The van der Waals surface area contributed by atoms with Gasteiger partial charge in [-0.25, -0.2) is 9.78 Å². The van der Waals surface area contributed by atoms with Crippen LogP contribution in [0.1, 0.15) is 15.9 Å². The summed E-state index contributed by atoms with van der Waals surface area (Å²) in [5.74, 6) is 0.0391. The molecule has 94 valence electrons. The van der Waals surface area contributed by atoms with Gasteiger partial charge >= 0.3 is 5.97 Å². The molecule has 5 nitrogen and oxygen atoms in total. The van der Waals surface area contributed by atoms with Crippen molar-refractivity contribution < 1.29 is 9.53 Å². The fourth-order valence-electron chi connectivity index (χ4n) is 1.57. The van der Waals surface area contributed by atoms with Crippen LogP contribution in [0.5, 0.6) is 0 Å². The molecule has 0 saturated carbocycles. The largest absolute Gasteiger partial charge is 0.465 e. The number of nitriles is 1. The molecule has 1 N–H and O–H groups in total. The number of anilines is 2. The number of hydrogen-bond acceptors (Lipinski definition) is 5. The molecule has 2 rings (SSSR count). The molecule has 0 fully saturated rings. The summed E-state index contributed by atoms with van der Waals surface area (Å²) in [6.45, 7) is 0. The van der Waals surface area contributed by atoms with E-state index in [2.05, 4.69) is 15.0 Å². The molecule has 2 aromatic rings. The lowest BCUT2D eigenvalue weighted by Gasteiger charge is -2.08. The summed E-state index contributed by atoms with van der Waals surface area (Å²) >= 11 is 0. The third-order valence-corrected chi connectivity index (χ3v) is 2.47. The Morgan fingerprint density at radius 2 is 2.21 bits per heavy atom. The van der Waals surface area contributed by atoms with Crippen LogP contribution in [0, 0.1) is 11.3 Å². The third kappa shape index (κ3) is 2.87. The molecule has 0 spiro atoms. The second-order valence-electron chi connectivity index (χ2n) is 3.71. The first kappa shape index (κ1) is 12.6. The minimum Gasteiger partial charge on any atom is -0.465 e. The van der Waals surface area contributed by atoms with E-state index in [1.54, 1.807) is 42.6 Å². The molecule has 0 amide bonds. The van der Waals surface area contributed by atoms with E-state index in [1.165, 1.54) is 7.11 Å². The van der Waals surface area contributed by atoms with Crippen molar-refractivity contribution in [3.8, 4) is 6.07 Å². The second-order valence-corrected chi connectivity index (χ2v) is 3.71. The number of hydrogen-bond donors (Lipinski definition) is 1. The zero-order valence-electron chi connectivity index (χ0n) is 10.3. The number of esters is 1. The van der Waals surface area contributed by atoms with Crippen LogP contribution in [-0.2, 0) is 4.74 Å². The van der Waals surface area contributed by atoms with Gasteiger partial charge in [0.05, 0.1) is 18.2 Å². The first-order valence-electron chi connectivity index (χ1n) is 5.55. The molecule has 0 unspecified atom stereocenters. The molecule has 19 heavy (non-hydrogen) atoms. The Balaban J connectivity index is 2.29. The number of nitrogens with zero attached hydrogens (tertiary/aromatic N) is 2. The van der Waals surface area contributed by atoms with Crippen LogP contribution in [0.2, 0.25) is 0 Å². The molecule has 0 radical (unpaired) electrons. The van der Waals surface area contributed by atoms with E-state index in [9.17, 15) is 4.79 Å². The molecule has 0 atom stereocenters. The number of pyridine rings is 1. The summed E-state index contributed by atoms with van der Waals surface area (Å²) in [4.78, 5) is 15.5. The number of carbonyl (C=O) groups is 1. The van der Waals surface area contributed by atoms with Gasteiger partial charge in [-0.05, 0) is 30.3 Å². The van der Waals surface area contributed by atoms with Crippen molar-refractivity contribution in [1.82, 2.24) is 4.98 Å². The van der Waals surface area contributed by atoms with E-state index in [-0.39, 0.29) is 0 Å². The summed E-state index contributed by atoms with van der Waals surface area (Å²) in [6.07, 6.45) is 1.59. The summed E-state index contributed by atoms with van der Waals surface area (Å²) < 4.78 is 4.65. The highest BCUT2D eigenvalue weighted by atomic mass is 16.5. The molecule has 0 aliphatic rings. The average molecular weight is 253 g/mol. The lowest BCUT2D eigenvalue weighted by Crippen LogP contribution is -2.02. The van der Waals surface area contributed by atoms with Crippen molar-refractivity contribution >= 4 is 17.5 Å². The van der Waals surface area contributed by atoms with Gasteiger partial charge in [-0.3, -0.25) is 0 Å². The molecular formula is C14H11N3O2. The molecule has 0 aliphatic heterocycles. The molecule has 1 heterocycles. The van der Waals surface area contributed by atoms with Gasteiger partial charge in [-0.2, -0.15) is 5.26 Å². The van der Waals surface area contributed by atoms with Crippen molar-refractivity contribution in [2.24, 2.45) is 0 Å². The van der Waals surface area contributed by atoms with Gasteiger partial charge in [-0.15, -0.1) is 0 Å². The highest BCUT2D eigenvalue weighted by Gasteiger charge is 2.07. The number of carbonyl (C=O) groups excluding carboxylic acids is 1. The molecule has 5 heteroatoms. The maximum Gasteiger partial charge on any atom is 0.337 e. The fraction of sp³-hybridized carbons (Fsp3) is 0.0714. The number of methoxy groups -OCH3 is 1. The zero-order valence-corrected chi connectivity index (χ0v) is 10.3. The van der Waals surface area contributed by atoms with E-state index in [1.807, 2.05) is 6.07 Å². The van der Waals surface area contributed by atoms with E-state index in [0.29, 0.717) is 22.6 Å². The second kappa shape index (κ2) is 5.65. The van der Waals surface area contributed by atoms with Gasteiger partial charge in [0.2, 0.25) is 0 Å². The Kier molecular flexibility index (Phi) is 3.74. The van der Waals surface area contributed by atoms with Crippen LogP contribution in [0.3, 0.4) is 0 Å². The van der Waals surface area contributed by atoms with Crippen LogP contribution in [0.4, 0.5) is 11.5 Å². The molecule has 0 aliphatic carbocycles. The van der Waals surface area contributed by atoms with Crippen molar-refractivity contribution in [3.63, 3.8) is 0 Å². The van der Waals surface area contributed by atoms with Crippen LogP contribution in [0.15, 0.2) is 42.6 Å². The van der Waals surface area contributed by atoms with Gasteiger partial charge < -0.3 is 10.1 Å². The molecule has 1 aromatic heterocycles. The number of benzene rings is 1. The minimum atomic E-state index is -0.412. The van der Waals surface area contributed by atoms with E-state index in [4.69, 9.17) is 5.26 Å². The monoisotopic (exact) mass is 253 g/mol. The van der Waals surface area contributed by atoms with Crippen molar-refractivity contribution in [1.29, 1.82) is 5.26 Å². The molecule has 0 bridgehead atoms. The smallest absolute Gasteiger partial charge is 0.337 e. The van der Waals surface area contributed by atoms with Gasteiger partial charge in [0, 0.05) is 11.9 Å². The minimum absolute atomic E-state index is 0.412. The fourth-order valence-corrected chi connectivity index (χ4v) is 1.57. The standard InChI is InChI=1S/C14H11N3O2/c1-19-14(18)10-4-2-6-12(8-10)17-13-11(9-15)5-3-7-16-13/h2-8H,1H3,(H,16,17). The Labute approximate surface area is 110 Å². The molecular weight excluding hydrogens is 242 g/mol. The lowest BCUT2D eigenvalue weighted by molar-refractivity contribution is 0.0601. The normalized spacial score (nSPS) is 9.47. The Hall–Kier alpha value is -2.87. The van der Waals surface area contributed by atoms with E-state index in [0.717, 1.165) is 0 Å². The van der Waals surface area contributed by atoms with Gasteiger partial charge in [0.15, 0.2) is 0 Å². The topological polar surface area (TPSA) is 75.0 Å². The zero-order chi connectivity index (χ0) is 13.7. The van der Waals surface area contributed by atoms with Crippen LogP contribution < -0.4 is 5.32 Å². The number of aromatic nitrogens is 1. The number of nitrogens with one attached hydrogen (secondary N) is 1. The summed E-state index contributed by atoms with van der Waals surface area (Å²) in [5.41, 5.74) is 1.53. The number of rotatable bonds is 3. The van der Waals surface area contributed by atoms with Crippen LogP contribution in [-0.4, -0.2) is 18.1 Å². The SMILES string of the molecule is COC(=O)c1cccc(Nc2ncccc2C#N)c1. The van der Waals surface area contributed by atoms with Crippen molar-refractivity contribution in [2.45, 2.75) is 0 Å². The third-order valence-electron chi connectivity index (χ3n) is 2.47.